The minimum Gasteiger partial charge on any atom is -0.507 e. The van der Waals surface area contributed by atoms with Crippen molar-refractivity contribution in [3.05, 3.63) is 42.0 Å². The van der Waals surface area contributed by atoms with Crippen molar-refractivity contribution in [2.24, 2.45) is 5.92 Å². The minimum atomic E-state index is -0.800. The first kappa shape index (κ1) is 16.3. The molecule has 1 heterocycles. The molecule has 0 saturated carbocycles. The summed E-state index contributed by atoms with van der Waals surface area (Å²) in [4.78, 5) is 25.3. The van der Waals surface area contributed by atoms with E-state index in [1.54, 1.807) is 17.0 Å². The Balaban J connectivity index is 1.78. The molecule has 0 aromatic heterocycles. The van der Waals surface area contributed by atoms with Crippen LogP contribution in [0.25, 0.3) is 10.8 Å². The van der Waals surface area contributed by atoms with Crippen LogP contribution < -0.4 is 0 Å². The average molecular weight is 327 g/mol. The molecule has 1 fully saturated rings. The van der Waals surface area contributed by atoms with Crippen LogP contribution in [0, 0.1) is 5.92 Å². The first-order valence-electron chi connectivity index (χ1n) is 8.27. The molecule has 5 heteroatoms. The van der Waals surface area contributed by atoms with Gasteiger partial charge in [-0.1, -0.05) is 24.3 Å². The lowest BCUT2D eigenvalue weighted by Crippen LogP contribution is -2.40. The lowest BCUT2D eigenvalue weighted by Gasteiger charge is -2.33. The Kier molecular flexibility index (Phi) is 4.69. The molecule has 2 aromatic carbocycles. The fraction of sp³-hybridized carbons (Fsp3) is 0.368. The summed E-state index contributed by atoms with van der Waals surface area (Å²) in [7, 11) is 0. The Morgan fingerprint density at radius 3 is 2.58 bits per heavy atom. The Hall–Kier alpha value is -2.56. The van der Waals surface area contributed by atoms with Crippen molar-refractivity contribution in [3.8, 4) is 5.75 Å². The molecular weight excluding hydrogens is 306 g/mol. The first-order valence-corrected chi connectivity index (χ1v) is 8.27. The molecule has 0 bridgehead atoms. The fourth-order valence-electron chi connectivity index (χ4n) is 3.38. The number of rotatable bonds is 4. The van der Waals surface area contributed by atoms with Crippen molar-refractivity contribution < 1.29 is 19.8 Å². The van der Waals surface area contributed by atoms with Crippen LogP contribution in [0.3, 0.4) is 0 Å². The highest BCUT2D eigenvalue weighted by Crippen LogP contribution is 2.28. The number of aromatic hydroxyl groups is 1. The summed E-state index contributed by atoms with van der Waals surface area (Å²) in [6.45, 7) is 1.20. The molecule has 0 spiro atoms. The van der Waals surface area contributed by atoms with Gasteiger partial charge in [0.1, 0.15) is 5.75 Å². The van der Waals surface area contributed by atoms with E-state index >= 15 is 0 Å². The van der Waals surface area contributed by atoms with Crippen LogP contribution in [-0.2, 0) is 4.79 Å². The molecular formula is C19H21NO4. The van der Waals surface area contributed by atoms with Crippen LogP contribution in [0.4, 0.5) is 0 Å². The van der Waals surface area contributed by atoms with E-state index in [2.05, 4.69) is 0 Å². The van der Waals surface area contributed by atoms with Gasteiger partial charge in [-0.25, -0.2) is 0 Å². The Morgan fingerprint density at radius 2 is 1.88 bits per heavy atom. The smallest absolute Gasteiger partial charge is 0.303 e. The maximum absolute atomic E-state index is 12.8. The molecule has 1 aliphatic heterocycles. The van der Waals surface area contributed by atoms with E-state index in [9.17, 15) is 14.7 Å². The molecule has 1 saturated heterocycles. The highest BCUT2D eigenvalue weighted by atomic mass is 16.4. The molecule has 1 aliphatic rings. The van der Waals surface area contributed by atoms with E-state index in [-0.39, 0.29) is 24.0 Å². The molecule has 0 radical (unpaired) electrons. The lowest BCUT2D eigenvalue weighted by molar-refractivity contribution is -0.137. The van der Waals surface area contributed by atoms with E-state index in [1.807, 2.05) is 24.3 Å². The van der Waals surface area contributed by atoms with Crippen LogP contribution in [0.5, 0.6) is 5.75 Å². The topological polar surface area (TPSA) is 77.8 Å². The number of hydrogen-bond acceptors (Lipinski definition) is 3. The van der Waals surface area contributed by atoms with E-state index in [0.29, 0.717) is 25.1 Å². The zero-order chi connectivity index (χ0) is 17.1. The second-order valence-corrected chi connectivity index (χ2v) is 6.41. The summed E-state index contributed by atoms with van der Waals surface area (Å²) in [6, 6.07) is 10.9. The van der Waals surface area contributed by atoms with E-state index in [1.165, 1.54) is 0 Å². The zero-order valence-electron chi connectivity index (χ0n) is 13.4. The third kappa shape index (κ3) is 3.50. The van der Waals surface area contributed by atoms with Gasteiger partial charge in [0, 0.05) is 19.5 Å². The highest BCUT2D eigenvalue weighted by Gasteiger charge is 2.26. The minimum absolute atomic E-state index is 0.00800. The second kappa shape index (κ2) is 6.91. The van der Waals surface area contributed by atoms with Crippen molar-refractivity contribution in [2.45, 2.75) is 25.7 Å². The number of carbonyl (C=O) groups excluding carboxylic acids is 1. The van der Waals surface area contributed by atoms with E-state index in [0.717, 1.165) is 23.6 Å². The largest absolute Gasteiger partial charge is 0.507 e. The van der Waals surface area contributed by atoms with Crippen molar-refractivity contribution in [1.29, 1.82) is 0 Å². The van der Waals surface area contributed by atoms with Gasteiger partial charge in [-0.15, -0.1) is 0 Å². The van der Waals surface area contributed by atoms with Crippen molar-refractivity contribution in [2.75, 3.05) is 13.1 Å². The van der Waals surface area contributed by atoms with Crippen LogP contribution in [0.1, 0.15) is 36.0 Å². The maximum Gasteiger partial charge on any atom is 0.303 e. The molecule has 3 rings (SSSR count). The van der Waals surface area contributed by atoms with Crippen LogP contribution in [0.15, 0.2) is 36.4 Å². The zero-order valence-corrected chi connectivity index (χ0v) is 13.4. The first-order chi connectivity index (χ1) is 11.5. The van der Waals surface area contributed by atoms with Crippen molar-refractivity contribution >= 4 is 22.6 Å². The van der Waals surface area contributed by atoms with Gasteiger partial charge in [0.25, 0.3) is 5.91 Å². The van der Waals surface area contributed by atoms with Crippen LogP contribution in [-0.4, -0.2) is 40.1 Å². The number of benzene rings is 2. The summed E-state index contributed by atoms with van der Waals surface area (Å²) in [6.07, 6.45) is 2.53. The predicted molar refractivity (Wildman–Crippen MR) is 91.1 cm³/mol. The van der Waals surface area contributed by atoms with Gasteiger partial charge in [0.2, 0.25) is 0 Å². The van der Waals surface area contributed by atoms with E-state index in [4.69, 9.17) is 5.11 Å². The summed E-state index contributed by atoms with van der Waals surface area (Å²) in [5.41, 5.74) is 0.313. The molecule has 24 heavy (non-hydrogen) atoms. The van der Waals surface area contributed by atoms with Crippen LogP contribution in [0.2, 0.25) is 0 Å². The van der Waals surface area contributed by atoms with Gasteiger partial charge in [0.05, 0.1) is 5.56 Å². The van der Waals surface area contributed by atoms with Crippen LogP contribution >= 0.6 is 0 Å². The number of carboxylic acid groups (broad SMARTS) is 1. The molecule has 1 amide bonds. The lowest BCUT2D eigenvalue weighted by atomic mass is 9.93. The molecule has 1 atom stereocenters. The number of piperidine rings is 1. The molecule has 1 unspecified atom stereocenters. The Labute approximate surface area is 140 Å². The number of fused-ring (bicyclic) bond motifs is 1. The Morgan fingerprint density at radius 1 is 1.17 bits per heavy atom. The summed E-state index contributed by atoms with van der Waals surface area (Å²) >= 11 is 0. The number of phenolic OH excluding ortho intramolecular Hbond substituents is 1. The second-order valence-electron chi connectivity index (χ2n) is 6.41. The Bertz CT molecular complexity index is 771. The monoisotopic (exact) mass is 327 g/mol. The van der Waals surface area contributed by atoms with Gasteiger partial charge in [0.15, 0.2) is 0 Å². The normalized spacial score (nSPS) is 17.8. The number of phenols is 1. The third-order valence-corrected chi connectivity index (χ3v) is 4.67. The SMILES string of the molecule is O=C(O)CCC1CCCN(C(=O)c2cc3ccccc3cc2O)C1. The predicted octanol–water partition coefficient (Wildman–Crippen LogP) is 3.26. The third-order valence-electron chi connectivity index (χ3n) is 4.67. The maximum atomic E-state index is 12.8. The molecule has 0 aliphatic carbocycles. The summed E-state index contributed by atoms with van der Waals surface area (Å²) in [5, 5.41) is 20.9. The standard InChI is InChI=1S/C19H21NO4/c21-17-11-15-6-2-1-5-14(15)10-16(17)19(24)20-9-3-4-13(12-20)7-8-18(22)23/h1-2,5-6,10-11,13,21H,3-4,7-9,12H2,(H,22,23). The number of hydrogen-bond donors (Lipinski definition) is 2. The summed E-state index contributed by atoms with van der Waals surface area (Å²) in [5.74, 6) is -0.781. The summed E-state index contributed by atoms with van der Waals surface area (Å²) < 4.78 is 0. The molecule has 5 nitrogen and oxygen atoms in total. The quantitative estimate of drug-likeness (QED) is 0.903. The van der Waals surface area contributed by atoms with Gasteiger partial charge in [-0.2, -0.15) is 0 Å². The number of nitrogens with zero attached hydrogens (tertiary/aromatic N) is 1. The average Bonchev–Trinajstić information content (AvgIpc) is 2.59. The van der Waals surface area contributed by atoms with Crippen molar-refractivity contribution in [3.63, 3.8) is 0 Å². The fourth-order valence-corrected chi connectivity index (χ4v) is 3.38. The van der Waals surface area contributed by atoms with Gasteiger partial charge in [-0.3, -0.25) is 9.59 Å². The number of aliphatic carboxylic acids is 1. The molecule has 2 aromatic rings. The molecule has 126 valence electrons. The van der Waals surface area contributed by atoms with E-state index < -0.39 is 5.97 Å². The number of carboxylic acids is 1. The van der Waals surface area contributed by atoms with Gasteiger partial charge in [-0.05, 0) is 48.1 Å². The van der Waals surface area contributed by atoms with Gasteiger partial charge >= 0.3 is 5.97 Å². The number of likely N-dealkylation sites (tertiary alicyclic amines) is 1. The van der Waals surface area contributed by atoms with Gasteiger partial charge < -0.3 is 15.1 Å². The molecule has 2 N–H and O–H groups in total. The van der Waals surface area contributed by atoms with Crippen molar-refractivity contribution in [1.82, 2.24) is 4.90 Å². The number of carbonyl (C=O) groups is 2. The number of amides is 1. The highest BCUT2D eigenvalue weighted by molar-refractivity contribution is 6.01.